The quantitative estimate of drug-likeness (QED) is 0.239. The van der Waals surface area contributed by atoms with Gasteiger partial charge in [0.05, 0.1) is 0 Å². The molecule has 4 aromatic rings. The Balaban J connectivity index is 0.000000164. The summed E-state index contributed by atoms with van der Waals surface area (Å²) in [5.41, 5.74) is 8.52. The zero-order valence-corrected chi connectivity index (χ0v) is 20.7. The molecule has 0 unspecified atom stereocenters. The molecule has 6 rings (SSSR count). The van der Waals surface area contributed by atoms with Gasteiger partial charge in [-0.25, -0.2) is 0 Å². The number of benzene rings is 3. The maximum Gasteiger partial charge on any atom is 3.00 e. The van der Waals surface area contributed by atoms with Crippen molar-refractivity contribution in [2.24, 2.45) is 0 Å². The van der Waals surface area contributed by atoms with Gasteiger partial charge in [-0.1, -0.05) is 38.1 Å². The van der Waals surface area contributed by atoms with E-state index >= 15 is 0 Å². The van der Waals surface area contributed by atoms with E-state index in [9.17, 15) is 0 Å². The maximum absolute atomic E-state index is 4.22. The Bertz CT molecular complexity index is 1170. The van der Waals surface area contributed by atoms with Crippen LogP contribution >= 0.6 is 0 Å². The van der Waals surface area contributed by atoms with Gasteiger partial charge in [-0.2, -0.15) is 30.9 Å². The number of nitrogens with zero attached hydrogens (tertiary/aromatic N) is 3. The molecule has 4 heteroatoms. The fourth-order valence-electron chi connectivity index (χ4n) is 4.39. The topological polar surface area (TPSA) is 19.4 Å². The van der Waals surface area contributed by atoms with Gasteiger partial charge in [-0.15, -0.1) is 47.1 Å². The molecular formula is C28H24IrN3. The standard InChI is InChI=1S/C17H16N2.C11H8N.Ir/c1-17(2)12-7-4-5-9-14(12)19-11-18(3)15-10-6-8-13(17)16(15)19;1-2-6-10(7-3-1)11-8-4-5-9-12-11;/h4-8,10-11H,1-3H3;1-6,8-9H;/q-2;-1;+3. The number of hydrogen-bond donors (Lipinski definition) is 0. The minimum atomic E-state index is 0. The number of rotatable bonds is 1. The Morgan fingerprint density at radius 2 is 1.62 bits per heavy atom. The molecule has 0 fully saturated rings. The van der Waals surface area contributed by atoms with Gasteiger partial charge in [0.25, 0.3) is 0 Å². The molecule has 32 heavy (non-hydrogen) atoms. The van der Waals surface area contributed by atoms with Crippen molar-refractivity contribution < 1.29 is 20.1 Å². The summed E-state index contributed by atoms with van der Waals surface area (Å²) in [6.07, 6.45) is 1.79. The van der Waals surface area contributed by atoms with Crippen LogP contribution in [-0.2, 0) is 25.5 Å². The molecular weight excluding hydrogens is 571 g/mol. The Labute approximate surface area is 204 Å². The summed E-state index contributed by atoms with van der Waals surface area (Å²) in [5, 5.41) is 0. The van der Waals surface area contributed by atoms with E-state index in [1.54, 1.807) is 6.20 Å². The van der Waals surface area contributed by atoms with Gasteiger partial charge in [-0.3, -0.25) is 0 Å². The first-order chi connectivity index (χ1) is 15.1. The Morgan fingerprint density at radius 3 is 2.38 bits per heavy atom. The summed E-state index contributed by atoms with van der Waals surface area (Å²) in [4.78, 5) is 8.67. The molecule has 0 saturated heterocycles. The van der Waals surface area contributed by atoms with Crippen molar-refractivity contribution in [3.8, 4) is 11.3 Å². The number of pyridine rings is 1. The van der Waals surface area contributed by atoms with E-state index in [2.05, 4.69) is 84.8 Å². The molecule has 3 heterocycles. The molecule has 3 aromatic carbocycles. The molecule has 1 aromatic heterocycles. The van der Waals surface area contributed by atoms with Crippen LogP contribution in [0.1, 0.15) is 25.0 Å². The minimum Gasteiger partial charge on any atom is -0.504 e. The van der Waals surface area contributed by atoms with E-state index in [0.717, 1.165) is 11.3 Å². The van der Waals surface area contributed by atoms with Crippen molar-refractivity contribution in [2.75, 3.05) is 16.8 Å². The van der Waals surface area contributed by atoms with Crippen LogP contribution in [0.15, 0.2) is 85.1 Å². The predicted molar refractivity (Wildman–Crippen MR) is 127 cm³/mol. The first-order valence-corrected chi connectivity index (χ1v) is 10.5. The summed E-state index contributed by atoms with van der Waals surface area (Å²) in [6.45, 7) is 6.74. The van der Waals surface area contributed by atoms with Crippen LogP contribution in [0.2, 0.25) is 0 Å². The normalized spacial score (nSPS) is 14.5. The fourth-order valence-corrected chi connectivity index (χ4v) is 4.39. The molecule has 2 aliphatic rings. The average Bonchev–Trinajstić information content (AvgIpc) is 3.17. The molecule has 0 N–H and O–H groups in total. The van der Waals surface area contributed by atoms with Crippen LogP contribution in [0.4, 0.5) is 17.1 Å². The summed E-state index contributed by atoms with van der Waals surface area (Å²) in [5.74, 6) is 0. The molecule has 0 bridgehead atoms. The molecule has 0 atom stereocenters. The summed E-state index contributed by atoms with van der Waals surface area (Å²) >= 11 is 0. The number of para-hydroxylation sites is 2. The zero-order chi connectivity index (χ0) is 21.4. The first kappa shape index (κ1) is 22.3. The first-order valence-electron chi connectivity index (χ1n) is 10.5. The Morgan fingerprint density at radius 1 is 0.844 bits per heavy atom. The second-order valence-electron chi connectivity index (χ2n) is 8.32. The van der Waals surface area contributed by atoms with E-state index in [1.807, 2.05) is 48.5 Å². The SMILES string of the molecule is CN1[CH-]N2c3[c-]cccc3C(C)(C)c3cccc1c32.[Ir+3].[c-]1ccccc1-c1ccccn1. The van der Waals surface area contributed by atoms with Gasteiger partial charge in [0.1, 0.15) is 0 Å². The van der Waals surface area contributed by atoms with Crippen molar-refractivity contribution >= 4 is 17.1 Å². The monoisotopic (exact) mass is 595 g/mol. The number of fused-ring (bicyclic) bond motifs is 2. The van der Waals surface area contributed by atoms with Crippen LogP contribution in [0.5, 0.6) is 0 Å². The van der Waals surface area contributed by atoms with Crippen molar-refractivity contribution in [3.05, 3.63) is 115 Å². The van der Waals surface area contributed by atoms with Crippen LogP contribution in [0.3, 0.4) is 0 Å². The van der Waals surface area contributed by atoms with Gasteiger partial charge in [0.2, 0.25) is 0 Å². The molecule has 0 radical (unpaired) electrons. The number of aromatic nitrogens is 1. The van der Waals surface area contributed by atoms with Gasteiger partial charge >= 0.3 is 20.1 Å². The van der Waals surface area contributed by atoms with Crippen LogP contribution in [0, 0.1) is 18.8 Å². The van der Waals surface area contributed by atoms with Crippen molar-refractivity contribution in [1.29, 1.82) is 0 Å². The van der Waals surface area contributed by atoms with E-state index < -0.39 is 0 Å². The van der Waals surface area contributed by atoms with Crippen molar-refractivity contribution in [3.63, 3.8) is 0 Å². The van der Waals surface area contributed by atoms with E-state index in [4.69, 9.17) is 0 Å². The van der Waals surface area contributed by atoms with Gasteiger partial charge in [-0.05, 0) is 35.9 Å². The molecule has 0 saturated carbocycles. The van der Waals surface area contributed by atoms with Gasteiger partial charge < -0.3 is 14.8 Å². The average molecular weight is 595 g/mol. The third-order valence-corrected chi connectivity index (χ3v) is 6.00. The smallest absolute Gasteiger partial charge is 0.504 e. The third kappa shape index (κ3) is 3.74. The van der Waals surface area contributed by atoms with Crippen molar-refractivity contribution in [1.82, 2.24) is 4.98 Å². The van der Waals surface area contributed by atoms with Crippen LogP contribution < -0.4 is 9.80 Å². The largest absolute Gasteiger partial charge is 3.00 e. The predicted octanol–water partition coefficient (Wildman–Crippen LogP) is 6.38. The fraction of sp³-hybridized carbons (Fsp3) is 0.143. The molecule has 3 nitrogen and oxygen atoms in total. The van der Waals surface area contributed by atoms with E-state index in [1.165, 1.54) is 28.2 Å². The molecule has 0 amide bonds. The van der Waals surface area contributed by atoms with Gasteiger partial charge in [0.15, 0.2) is 0 Å². The zero-order valence-electron chi connectivity index (χ0n) is 18.3. The summed E-state index contributed by atoms with van der Waals surface area (Å²) in [7, 11) is 2.10. The maximum atomic E-state index is 4.22. The third-order valence-electron chi connectivity index (χ3n) is 6.00. The number of hydrogen-bond acceptors (Lipinski definition) is 3. The summed E-state index contributed by atoms with van der Waals surface area (Å²) < 4.78 is 0. The molecule has 0 spiro atoms. The second-order valence-corrected chi connectivity index (χ2v) is 8.32. The van der Waals surface area contributed by atoms with Crippen LogP contribution in [-0.4, -0.2) is 12.0 Å². The van der Waals surface area contributed by atoms with Crippen molar-refractivity contribution in [2.45, 2.75) is 19.3 Å². The second kappa shape index (κ2) is 8.90. The summed E-state index contributed by atoms with van der Waals surface area (Å²) in [6, 6.07) is 33.1. The molecule has 0 aliphatic carbocycles. The minimum absolute atomic E-state index is 0. The molecule has 160 valence electrons. The van der Waals surface area contributed by atoms with E-state index in [0.29, 0.717) is 0 Å². The Hall–Kier alpha value is -2.94. The van der Waals surface area contributed by atoms with E-state index in [-0.39, 0.29) is 25.5 Å². The Kier molecular flexibility index (Phi) is 6.19. The molecule has 2 aliphatic heterocycles. The van der Waals surface area contributed by atoms with Gasteiger partial charge in [0, 0.05) is 17.6 Å². The number of anilines is 3. The van der Waals surface area contributed by atoms with Crippen LogP contribution in [0.25, 0.3) is 11.3 Å².